The van der Waals surface area contributed by atoms with Crippen LogP contribution in [-0.4, -0.2) is 40.0 Å². The van der Waals surface area contributed by atoms with Crippen LogP contribution in [0.25, 0.3) is 0 Å². The molecule has 6 bridgehead atoms. The van der Waals surface area contributed by atoms with E-state index in [-0.39, 0.29) is 16.5 Å². The fourth-order valence-electron chi connectivity index (χ4n) is 6.77. The Labute approximate surface area is 236 Å². The van der Waals surface area contributed by atoms with Crippen molar-refractivity contribution in [2.45, 2.75) is 95.8 Å². The summed E-state index contributed by atoms with van der Waals surface area (Å²) in [5.41, 5.74) is 4.29. The molecule has 2 unspecified atom stereocenters. The summed E-state index contributed by atoms with van der Waals surface area (Å²) < 4.78 is 3.00. The third-order valence-electron chi connectivity index (χ3n) is 9.52. The molecule has 5 aliphatic rings. The second-order valence-corrected chi connectivity index (χ2v) is 15.4. The molecule has 4 nitrogen and oxygen atoms in total. The number of hydrogen-bond donors (Lipinski definition) is 0. The molecule has 1 fully saturated rings. The molecular formula is C33H38N4Pt-2. The van der Waals surface area contributed by atoms with Crippen molar-refractivity contribution in [1.82, 2.24) is 19.6 Å². The molecule has 0 spiro atoms. The first-order valence-electron chi connectivity index (χ1n) is 14.0. The van der Waals surface area contributed by atoms with E-state index < -0.39 is 17.6 Å². The standard InChI is InChI=1S/C33H38N4.Pt/c1-31(2)25-11-9-13-27(21-25)32(3,4)36-19-17-34(23-36)29-15-7-8-16-30(29)35-18-20-37(24-35)33(5,6)28-14-10-12-26(31)22-28;/h9-14,17-20,29-30H,7-8,15-16H2,1-6H3;/q-2;. The minimum absolute atomic E-state index is 0.211. The van der Waals surface area contributed by atoms with E-state index in [1.807, 2.05) is 0 Å². The van der Waals surface area contributed by atoms with Gasteiger partial charge in [0.15, 0.2) is 0 Å². The van der Waals surface area contributed by atoms with Crippen LogP contribution in [0, 0.1) is 12.1 Å². The first-order valence-corrected chi connectivity index (χ1v) is 16.3. The van der Waals surface area contributed by atoms with Crippen molar-refractivity contribution >= 4 is 8.29 Å². The fraction of sp³-hybridized carbons (Fsp3) is 0.455. The van der Waals surface area contributed by atoms with E-state index in [9.17, 15) is 0 Å². The molecule has 0 aromatic heterocycles. The van der Waals surface area contributed by atoms with Crippen LogP contribution in [0.4, 0.5) is 0 Å². The van der Waals surface area contributed by atoms with Crippen molar-refractivity contribution in [3.8, 4) is 0 Å². The maximum absolute atomic E-state index is 3.91. The van der Waals surface area contributed by atoms with E-state index in [1.165, 1.54) is 56.2 Å². The quantitative estimate of drug-likeness (QED) is 0.323. The second kappa shape index (κ2) is 8.28. The van der Waals surface area contributed by atoms with Gasteiger partial charge in [-0.25, -0.2) is 0 Å². The summed E-state index contributed by atoms with van der Waals surface area (Å²) in [7, 11) is 0. The molecule has 2 aromatic rings. The molecule has 2 aromatic carbocycles. The zero-order valence-electron chi connectivity index (χ0n) is 23.4. The van der Waals surface area contributed by atoms with E-state index in [0.717, 1.165) is 0 Å². The summed E-state index contributed by atoms with van der Waals surface area (Å²) in [6, 6.07) is 22.3. The zero-order valence-corrected chi connectivity index (χ0v) is 25.6. The summed E-state index contributed by atoms with van der Waals surface area (Å²) in [4.78, 5) is 10.5. The first kappa shape index (κ1) is 24.6. The van der Waals surface area contributed by atoms with Gasteiger partial charge in [-0.3, -0.25) is 0 Å². The molecule has 0 N–H and O–H groups in total. The molecule has 2 atom stereocenters. The molecule has 1 saturated carbocycles. The molecule has 0 saturated heterocycles. The number of hydrogen-bond acceptors (Lipinski definition) is 4. The van der Waals surface area contributed by atoms with Crippen LogP contribution < -0.4 is 0 Å². The van der Waals surface area contributed by atoms with Crippen molar-refractivity contribution in [1.29, 1.82) is 0 Å². The first-order chi connectivity index (χ1) is 18.1. The van der Waals surface area contributed by atoms with E-state index in [4.69, 9.17) is 0 Å². The van der Waals surface area contributed by atoms with Gasteiger partial charge in [0, 0.05) is 0 Å². The van der Waals surface area contributed by atoms with Gasteiger partial charge in [-0.15, -0.1) is 0 Å². The van der Waals surface area contributed by atoms with Crippen LogP contribution in [0.15, 0.2) is 61.2 Å². The van der Waals surface area contributed by atoms with Crippen molar-refractivity contribution in [3.05, 3.63) is 95.6 Å². The van der Waals surface area contributed by atoms with Gasteiger partial charge in [-0.05, 0) is 0 Å². The Morgan fingerprint density at radius 2 is 1.05 bits per heavy atom. The van der Waals surface area contributed by atoms with Gasteiger partial charge in [0.1, 0.15) is 0 Å². The van der Waals surface area contributed by atoms with E-state index in [1.54, 1.807) is 0 Å². The molecule has 38 heavy (non-hydrogen) atoms. The van der Waals surface area contributed by atoms with Crippen LogP contribution >= 0.6 is 0 Å². The van der Waals surface area contributed by atoms with Crippen molar-refractivity contribution in [3.63, 3.8) is 0 Å². The molecule has 0 radical (unpaired) electrons. The summed E-state index contributed by atoms with van der Waals surface area (Å²) >= 11 is -0.477. The van der Waals surface area contributed by atoms with E-state index in [0.29, 0.717) is 12.1 Å². The Morgan fingerprint density at radius 1 is 0.632 bits per heavy atom. The topological polar surface area (TPSA) is 13.0 Å². The van der Waals surface area contributed by atoms with E-state index in [2.05, 4.69) is 134 Å². The third-order valence-corrected chi connectivity index (χ3v) is 12.8. The van der Waals surface area contributed by atoms with Crippen LogP contribution in [0.2, 0.25) is 0 Å². The van der Waals surface area contributed by atoms with Crippen molar-refractivity contribution in [2.75, 3.05) is 0 Å². The summed E-state index contributed by atoms with van der Waals surface area (Å²) in [5, 5.41) is 0. The Balaban J connectivity index is 1.52. The summed E-state index contributed by atoms with van der Waals surface area (Å²) in [6.45, 7) is 14.1. The Hall–Kier alpha value is -2.45. The van der Waals surface area contributed by atoms with Crippen LogP contribution in [-0.2, 0) is 34.1 Å². The van der Waals surface area contributed by atoms with Crippen molar-refractivity contribution < 1.29 is 17.6 Å². The average Bonchev–Trinajstić information content (AvgIpc) is 3.51. The van der Waals surface area contributed by atoms with Gasteiger partial charge in [0.05, 0.1) is 0 Å². The average molecular weight is 686 g/mol. The minimum atomic E-state index is -0.477. The zero-order chi connectivity index (χ0) is 26.4. The predicted octanol–water partition coefficient (Wildman–Crippen LogP) is 5.86. The molecule has 7 rings (SSSR count). The second-order valence-electron chi connectivity index (χ2n) is 12.8. The predicted molar refractivity (Wildman–Crippen MR) is 150 cm³/mol. The monoisotopic (exact) mass is 685 g/mol. The Kier molecular flexibility index (Phi) is 5.35. The number of benzene rings is 2. The van der Waals surface area contributed by atoms with Crippen LogP contribution in [0.3, 0.4) is 0 Å². The maximum atomic E-state index is 3.91. The van der Waals surface area contributed by atoms with Crippen molar-refractivity contribution in [2.24, 2.45) is 0 Å². The number of nitrogens with zero attached hydrogens (tertiary/aromatic N) is 4. The van der Waals surface area contributed by atoms with Gasteiger partial charge >= 0.3 is 237 Å². The van der Waals surface area contributed by atoms with Crippen LogP contribution in [0.1, 0.15) is 89.5 Å². The Morgan fingerprint density at radius 3 is 1.50 bits per heavy atom. The number of rotatable bonds is 0. The fourth-order valence-corrected chi connectivity index (χ4v) is 11.1. The normalized spacial score (nSPS) is 28.1. The molecule has 4 heterocycles. The van der Waals surface area contributed by atoms with Gasteiger partial charge in [-0.1, -0.05) is 0 Å². The number of fused-ring (bicyclic) bond motifs is 7. The molecule has 1 aliphatic carbocycles. The van der Waals surface area contributed by atoms with Gasteiger partial charge in [-0.2, -0.15) is 0 Å². The molecule has 4 aliphatic heterocycles. The van der Waals surface area contributed by atoms with Gasteiger partial charge in [0.25, 0.3) is 0 Å². The molecular weight excluding hydrogens is 647 g/mol. The summed E-state index contributed by atoms with van der Waals surface area (Å²) in [6.07, 6.45) is 14.7. The molecule has 5 heteroatoms. The SMILES string of the molecule is CC1(C)c2[c-]c(ccc2)C(C)(C)N2C=CN3[C]2=[Pt]=[C]2N(C=CN2C(C)(C)c2[c-]c1ccc2)C1CCCCC13. The Bertz CT molecular complexity index is 1340. The van der Waals surface area contributed by atoms with Gasteiger partial charge in [0.2, 0.25) is 0 Å². The summed E-state index contributed by atoms with van der Waals surface area (Å²) in [5.74, 6) is 0. The molecule has 202 valence electrons. The molecule has 0 amide bonds. The third kappa shape index (κ3) is 3.38. The van der Waals surface area contributed by atoms with E-state index >= 15 is 0 Å². The van der Waals surface area contributed by atoms with Crippen LogP contribution in [0.5, 0.6) is 0 Å². The van der Waals surface area contributed by atoms with Gasteiger partial charge < -0.3 is 0 Å².